The van der Waals surface area contributed by atoms with Crippen molar-refractivity contribution in [2.75, 3.05) is 0 Å². The first-order chi connectivity index (χ1) is 9.47. The van der Waals surface area contributed by atoms with Gasteiger partial charge in [0, 0.05) is 34.3 Å². The van der Waals surface area contributed by atoms with Crippen LogP contribution in [0.3, 0.4) is 0 Å². The van der Waals surface area contributed by atoms with Crippen molar-refractivity contribution in [1.82, 2.24) is 5.32 Å². The van der Waals surface area contributed by atoms with Gasteiger partial charge in [-0.05, 0) is 25.1 Å². The highest BCUT2D eigenvalue weighted by molar-refractivity contribution is 9.10. The lowest BCUT2D eigenvalue weighted by Gasteiger charge is -2.15. The van der Waals surface area contributed by atoms with Crippen molar-refractivity contribution in [3.8, 4) is 0 Å². The fraction of sp³-hybridized carbons (Fsp3) is 0.200. The third kappa shape index (κ3) is 3.61. The van der Waals surface area contributed by atoms with Crippen molar-refractivity contribution in [3.63, 3.8) is 0 Å². The van der Waals surface area contributed by atoms with Gasteiger partial charge in [-0.1, -0.05) is 28.1 Å². The van der Waals surface area contributed by atoms with Crippen LogP contribution in [0.2, 0.25) is 0 Å². The molecule has 0 fully saturated rings. The van der Waals surface area contributed by atoms with E-state index in [4.69, 9.17) is 0 Å². The van der Waals surface area contributed by atoms with Crippen LogP contribution in [0.5, 0.6) is 0 Å². The van der Waals surface area contributed by atoms with Crippen molar-refractivity contribution >= 4 is 15.9 Å². The molecule has 2 rings (SSSR count). The average molecular weight is 344 g/mol. The van der Waals surface area contributed by atoms with E-state index >= 15 is 0 Å². The topological polar surface area (TPSA) is 12.0 Å². The highest BCUT2D eigenvalue weighted by atomic mass is 79.9. The fourth-order valence-corrected chi connectivity index (χ4v) is 2.22. The van der Waals surface area contributed by atoms with E-state index in [2.05, 4.69) is 21.2 Å². The predicted octanol–water partition coefficient (Wildman–Crippen LogP) is 4.72. The molecule has 2 aromatic rings. The Bertz CT molecular complexity index is 616. The summed E-state index contributed by atoms with van der Waals surface area (Å²) in [6.45, 7) is 1.98. The first-order valence-corrected chi connectivity index (χ1v) is 6.89. The van der Waals surface area contributed by atoms with Gasteiger partial charge >= 0.3 is 0 Å². The van der Waals surface area contributed by atoms with Gasteiger partial charge in [-0.3, -0.25) is 0 Å². The first-order valence-electron chi connectivity index (χ1n) is 6.09. The van der Waals surface area contributed by atoms with Gasteiger partial charge in [0.1, 0.15) is 17.5 Å². The summed E-state index contributed by atoms with van der Waals surface area (Å²) >= 11 is 3.19. The van der Waals surface area contributed by atoms with Crippen LogP contribution >= 0.6 is 15.9 Å². The summed E-state index contributed by atoms with van der Waals surface area (Å²) in [6, 6.07) is 7.92. The molecule has 20 heavy (non-hydrogen) atoms. The van der Waals surface area contributed by atoms with Crippen LogP contribution in [-0.2, 0) is 6.54 Å². The molecule has 0 radical (unpaired) electrons. The lowest BCUT2D eigenvalue weighted by molar-refractivity contribution is 0.511. The van der Waals surface area contributed by atoms with E-state index in [1.54, 1.807) is 19.1 Å². The predicted molar refractivity (Wildman–Crippen MR) is 75.7 cm³/mol. The minimum absolute atomic E-state index is 0.197. The van der Waals surface area contributed by atoms with Crippen molar-refractivity contribution in [2.24, 2.45) is 0 Å². The Morgan fingerprint density at radius 3 is 2.45 bits per heavy atom. The third-order valence-corrected chi connectivity index (χ3v) is 3.54. The molecule has 0 saturated carbocycles. The van der Waals surface area contributed by atoms with Crippen LogP contribution in [0.1, 0.15) is 24.1 Å². The number of halogens is 4. The van der Waals surface area contributed by atoms with Gasteiger partial charge in [0.15, 0.2) is 0 Å². The Kier molecular flexibility index (Phi) is 4.83. The van der Waals surface area contributed by atoms with Gasteiger partial charge in [0.05, 0.1) is 0 Å². The molecular weight excluding hydrogens is 331 g/mol. The zero-order chi connectivity index (χ0) is 14.7. The second-order valence-electron chi connectivity index (χ2n) is 4.50. The molecule has 0 spiro atoms. The van der Waals surface area contributed by atoms with Gasteiger partial charge in [-0.25, -0.2) is 13.2 Å². The van der Waals surface area contributed by atoms with Crippen molar-refractivity contribution in [1.29, 1.82) is 0 Å². The summed E-state index contributed by atoms with van der Waals surface area (Å²) in [5.74, 6) is -1.56. The molecule has 0 amide bonds. The molecule has 2 aromatic carbocycles. The lowest BCUT2D eigenvalue weighted by atomic mass is 10.1. The molecule has 106 valence electrons. The molecule has 1 atom stereocenters. The molecule has 0 aliphatic heterocycles. The summed E-state index contributed by atoms with van der Waals surface area (Å²) in [6.07, 6.45) is 0. The molecule has 0 aromatic heterocycles. The summed E-state index contributed by atoms with van der Waals surface area (Å²) in [4.78, 5) is 0. The van der Waals surface area contributed by atoms with Crippen LogP contribution in [-0.4, -0.2) is 0 Å². The highest BCUT2D eigenvalue weighted by Gasteiger charge is 2.12. The van der Waals surface area contributed by atoms with Crippen LogP contribution in [0.25, 0.3) is 0 Å². The quantitative estimate of drug-likeness (QED) is 0.847. The normalized spacial score (nSPS) is 12.4. The number of benzene rings is 2. The smallest absolute Gasteiger partial charge is 0.130 e. The Morgan fingerprint density at radius 2 is 1.80 bits per heavy atom. The van der Waals surface area contributed by atoms with Gasteiger partial charge in [-0.15, -0.1) is 0 Å². The largest absolute Gasteiger partial charge is 0.306 e. The molecule has 1 N–H and O–H groups in total. The monoisotopic (exact) mass is 343 g/mol. The van der Waals surface area contributed by atoms with E-state index < -0.39 is 11.6 Å². The fourth-order valence-electron chi connectivity index (χ4n) is 1.89. The highest BCUT2D eigenvalue weighted by Crippen LogP contribution is 2.21. The molecule has 0 bridgehead atoms. The molecule has 0 saturated heterocycles. The van der Waals surface area contributed by atoms with Gasteiger partial charge in [0.25, 0.3) is 0 Å². The summed E-state index contributed by atoms with van der Waals surface area (Å²) in [5.41, 5.74) is 0.839. The summed E-state index contributed by atoms with van der Waals surface area (Å²) in [7, 11) is 0. The van der Waals surface area contributed by atoms with Crippen LogP contribution in [0.15, 0.2) is 40.9 Å². The van der Waals surface area contributed by atoms with Crippen LogP contribution in [0, 0.1) is 17.5 Å². The molecular formula is C15H13BrF3N. The maximum Gasteiger partial charge on any atom is 0.130 e. The molecule has 0 aliphatic carbocycles. The Hall–Kier alpha value is -1.33. The maximum absolute atomic E-state index is 13.8. The Labute approximate surface area is 123 Å². The SMILES string of the molecule is CC(NCc1ccc(F)cc1F)c1ccc(Br)cc1F. The standard InChI is InChI=1S/C15H13BrF3N/c1-9(13-5-3-11(16)6-15(13)19)20-8-10-2-4-12(17)7-14(10)18/h2-7,9,20H,8H2,1H3. The van der Waals surface area contributed by atoms with E-state index in [9.17, 15) is 13.2 Å². The Balaban J connectivity index is 2.06. The van der Waals surface area contributed by atoms with E-state index in [1.807, 2.05) is 0 Å². The number of rotatable bonds is 4. The Morgan fingerprint density at radius 1 is 1.05 bits per heavy atom. The zero-order valence-electron chi connectivity index (χ0n) is 10.8. The molecule has 1 unspecified atom stereocenters. The van der Waals surface area contributed by atoms with E-state index in [-0.39, 0.29) is 18.4 Å². The molecule has 1 nitrogen and oxygen atoms in total. The van der Waals surface area contributed by atoms with E-state index in [0.717, 1.165) is 6.07 Å². The lowest BCUT2D eigenvalue weighted by Crippen LogP contribution is -2.19. The number of hydrogen-bond donors (Lipinski definition) is 1. The minimum Gasteiger partial charge on any atom is -0.306 e. The average Bonchev–Trinajstić information content (AvgIpc) is 2.37. The summed E-state index contributed by atoms with van der Waals surface area (Å²) < 4.78 is 40.7. The molecule has 5 heteroatoms. The third-order valence-electron chi connectivity index (χ3n) is 3.04. The second-order valence-corrected chi connectivity index (χ2v) is 5.42. The number of nitrogens with one attached hydrogen (secondary N) is 1. The summed E-state index contributed by atoms with van der Waals surface area (Å²) in [5, 5.41) is 3.02. The van der Waals surface area contributed by atoms with Crippen LogP contribution < -0.4 is 5.32 Å². The zero-order valence-corrected chi connectivity index (χ0v) is 12.3. The van der Waals surface area contributed by atoms with Gasteiger partial charge in [-0.2, -0.15) is 0 Å². The molecule has 0 aliphatic rings. The van der Waals surface area contributed by atoms with Crippen LogP contribution in [0.4, 0.5) is 13.2 Å². The van der Waals surface area contributed by atoms with Gasteiger partial charge < -0.3 is 5.32 Å². The molecule has 0 heterocycles. The minimum atomic E-state index is -0.613. The van der Waals surface area contributed by atoms with Crippen molar-refractivity contribution in [3.05, 3.63) is 69.4 Å². The van der Waals surface area contributed by atoms with E-state index in [1.165, 1.54) is 18.2 Å². The first kappa shape index (κ1) is 15.1. The second kappa shape index (κ2) is 6.41. The van der Waals surface area contributed by atoms with E-state index in [0.29, 0.717) is 15.6 Å². The van der Waals surface area contributed by atoms with Crippen molar-refractivity contribution in [2.45, 2.75) is 19.5 Å². The number of hydrogen-bond acceptors (Lipinski definition) is 1. The maximum atomic E-state index is 13.8. The van der Waals surface area contributed by atoms with Crippen molar-refractivity contribution < 1.29 is 13.2 Å². The van der Waals surface area contributed by atoms with Gasteiger partial charge in [0.2, 0.25) is 0 Å².